The van der Waals surface area contributed by atoms with Crippen molar-refractivity contribution in [3.63, 3.8) is 0 Å². The highest BCUT2D eigenvalue weighted by molar-refractivity contribution is 5.93. The van der Waals surface area contributed by atoms with E-state index in [4.69, 9.17) is 0 Å². The number of carbonyl (C=O) groups is 2. The number of halogens is 1. The molecule has 2 heterocycles. The van der Waals surface area contributed by atoms with Gasteiger partial charge in [-0.3, -0.25) is 14.5 Å². The summed E-state index contributed by atoms with van der Waals surface area (Å²) >= 11 is 0. The molecule has 1 aromatic carbocycles. The summed E-state index contributed by atoms with van der Waals surface area (Å²) in [4.78, 5) is 31.7. The van der Waals surface area contributed by atoms with Gasteiger partial charge in [-0.05, 0) is 63.0 Å². The highest BCUT2D eigenvalue weighted by atomic mass is 19.1. The predicted octanol–water partition coefficient (Wildman–Crippen LogP) is 2.86. The Morgan fingerprint density at radius 3 is 2.39 bits per heavy atom. The van der Waals surface area contributed by atoms with Crippen molar-refractivity contribution in [2.24, 2.45) is 11.8 Å². The SMILES string of the molecule is Cc1c(CN2CCN(C(=O)C3CCCC3)CC2)cc(F)cc1NC(=O)C1CCN(C)C1. The van der Waals surface area contributed by atoms with E-state index in [1.54, 1.807) is 6.07 Å². The second kappa shape index (κ2) is 9.65. The number of likely N-dealkylation sites (tertiary alicyclic amines) is 1. The number of anilines is 1. The van der Waals surface area contributed by atoms with E-state index in [1.807, 2.05) is 18.9 Å². The lowest BCUT2D eigenvalue weighted by Gasteiger charge is -2.36. The molecule has 4 rings (SSSR count). The summed E-state index contributed by atoms with van der Waals surface area (Å²) in [7, 11) is 2.01. The Hall–Kier alpha value is -1.99. The number of carbonyl (C=O) groups excluding carboxylic acids is 2. The van der Waals surface area contributed by atoms with Gasteiger partial charge in [-0.15, -0.1) is 0 Å². The van der Waals surface area contributed by atoms with Gasteiger partial charge in [0, 0.05) is 50.9 Å². The van der Waals surface area contributed by atoms with Crippen LogP contribution in [0.2, 0.25) is 0 Å². The monoisotopic (exact) mass is 430 g/mol. The summed E-state index contributed by atoms with van der Waals surface area (Å²) < 4.78 is 14.4. The third kappa shape index (κ3) is 5.26. The fourth-order valence-electron chi connectivity index (χ4n) is 5.21. The zero-order chi connectivity index (χ0) is 22.0. The fourth-order valence-corrected chi connectivity index (χ4v) is 5.21. The minimum atomic E-state index is -0.325. The summed E-state index contributed by atoms with van der Waals surface area (Å²) in [5, 5.41) is 2.97. The lowest BCUT2D eigenvalue weighted by atomic mass is 10.0. The Bertz CT molecular complexity index is 816. The largest absolute Gasteiger partial charge is 0.340 e. The van der Waals surface area contributed by atoms with Gasteiger partial charge in [-0.1, -0.05) is 12.8 Å². The molecule has 1 aromatic rings. The molecule has 2 aliphatic heterocycles. The average molecular weight is 431 g/mol. The zero-order valence-electron chi connectivity index (χ0n) is 18.8. The van der Waals surface area contributed by atoms with Crippen LogP contribution in [0.1, 0.15) is 43.2 Å². The number of nitrogens with one attached hydrogen (secondary N) is 1. The lowest BCUT2D eigenvalue weighted by molar-refractivity contribution is -0.137. The van der Waals surface area contributed by atoms with Gasteiger partial charge >= 0.3 is 0 Å². The normalized spacial score (nSPS) is 23.5. The molecule has 1 aliphatic carbocycles. The van der Waals surface area contributed by atoms with Crippen LogP contribution in [-0.4, -0.2) is 72.8 Å². The number of rotatable bonds is 5. The van der Waals surface area contributed by atoms with Gasteiger partial charge in [-0.25, -0.2) is 4.39 Å². The average Bonchev–Trinajstić information content (AvgIpc) is 3.43. The van der Waals surface area contributed by atoms with Crippen molar-refractivity contribution >= 4 is 17.5 Å². The van der Waals surface area contributed by atoms with E-state index < -0.39 is 0 Å². The number of nitrogens with zero attached hydrogens (tertiary/aromatic N) is 3. The molecular weight excluding hydrogens is 395 g/mol. The van der Waals surface area contributed by atoms with E-state index >= 15 is 0 Å². The van der Waals surface area contributed by atoms with Crippen LogP contribution in [0, 0.1) is 24.6 Å². The van der Waals surface area contributed by atoms with Crippen molar-refractivity contribution < 1.29 is 14.0 Å². The van der Waals surface area contributed by atoms with Crippen molar-refractivity contribution in [2.75, 3.05) is 51.6 Å². The first kappa shape index (κ1) is 22.2. The minimum Gasteiger partial charge on any atom is -0.340 e. The van der Waals surface area contributed by atoms with Gasteiger partial charge in [0.2, 0.25) is 11.8 Å². The highest BCUT2D eigenvalue weighted by Crippen LogP contribution is 2.28. The molecular formula is C24H35FN4O2. The maximum Gasteiger partial charge on any atom is 0.228 e. The first-order valence-electron chi connectivity index (χ1n) is 11.7. The fraction of sp³-hybridized carbons (Fsp3) is 0.667. The molecule has 0 spiro atoms. The molecule has 31 heavy (non-hydrogen) atoms. The molecule has 170 valence electrons. The van der Waals surface area contributed by atoms with Crippen molar-refractivity contribution in [2.45, 2.75) is 45.6 Å². The summed E-state index contributed by atoms with van der Waals surface area (Å²) in [6.07, 6.45) is 5.25. The number of amides is 2. The van der Waals surface area contributed by atoms with E-state index in [0.29, 0.717) is 18.1 Å². The molecule has 3 aliphatic rings. The van der Waals surface area contributed by atoms with E-state index in [1.165, 1.54) is 18.9 Å². The van der Waals surface area contributed by atoms with Crippen LogP contribution in [0.3, 0.4) is 0 Å². The third-order valence-electron chi connectivity index (χ3n) is 7.28. The van der Waals surface area contributed by atoms with Crippen molar-refractivity contribution in [1.29, 1.82) is 0 Å². The van der Waals surface area contributed by atoms with Crippen molar-refractivity contribution in [1.82, 2.24) is 14.7 Å². The van der Waals surface area contributed by atoms with Crippen LogP contribution >= 0.6 is 0 Å². The second-order valence-electron chi connectivity index (χ2n) is 9.56. The standard InChI is InChI=1S/C24H35FN4O2/c1-17-20(13-21(25)14-22(17)26-23(30)19-7-8-27(2)15-19)16-28-9-11-29(12-10-28)24(31)18-5-3-4-6-18/h13-14,18-19H,3-12,15-16H2,1-2H3,(H,26,30). The molecule has 1 unspecified atom stereocenters. The maximum absolute atomic E-state index is 14.4. The Kier molecular flexibility index (Phi) is 6.92. The van der Waals surface area contributed by atoms with E-state index in [2.05, 4.69) is 15.1 Å². The molecule has 2 amide bonds. The van der Waals surface area contributed by atoms with Gasteiger partial charge in [0.1, 0.15) is 5.82 Å². The number of hydrogen-bond acceptors (Lipinski definition) is 4. The number of benzene rings is 1. The predicted molar refractivity (Wildman–Crippen MR) is 119 cm³/mol. The quantitative estimate of drug-likeness (QED) is 0.781. The maximum atomic E-state index is 14.4. The van der Waals surface area contributed by atoms with Gasteiger partial charge in [-0.2, -0.15) is 0 Å². The second-order valence-corrected chi connectivity index (χ2v) is 9.56. The third-order valence-corrected chi connectivity index (χ3v) is 7.28. The number of piperazine rings is 1. The molecule has 6 nitrogen and oxygen atoms in total. The lowest BCUT2D eigenvalue weighted by Crippen LogP contribution is -2.49. The van der Waals surface area contributed by atoms with E-state index in [-0.39, 0.29) is 23.6 Å². The van der Waals surface area contributed by atoms with Crippen LogP contribution in [0.4, 0.5) is 10.1 Å². The van der Waals surface area contributed by atoms with Gasteiger partial charge in [0.25, 0.3) is 0 Å². The van der Waals surface area contributed by atoms with Gasteiger partial charge < -0.3 is 15.1 Å². The first-order chi connectivity index (χ1) is 14.9. The van der Waals surface area contributed by atoms with Crippen molar-refractivity contribution in [3.05, 3.63) is 29.1 Å². The van der Waals surface area contributed by atoms with Crippen LogP contribution in [0.15, 0.2) is 12.1 Å². The topological polar surface area (TPSA) is 55.9 Å². The van der Waals surface area contributed by atoms with Crippen LogP contribution in [0.5, 0.6) is 0 Å². The van der Waals surface area contributed by atoms with E-state index in [9.17, 15) is 14.0 Å². The van der Waals surface area contributed by atoms with Crippen LogP contribution in [-0.2, 0) is 16.1 Å². The molecule has 0 radical (unpaired) electrons. The molecule has 1 N–H and O–H groups in total. The number of hydrogen-bond donors (Lipinski definition) is 1. The zero-order valence-corrected chi connectivity index (χ0v) is 18.8. The van der Waals surface area contributed by atoms with Gasteiger partial charge in [0.15, 0.2) is 0 Å². The van der Waals surface area contributed by atoms with E-state index in [0.717, 1.165) is 69.7 Å². The molecule has 7 heteroatoms. The smallest absolute Gasteiger partial charge is 0.228 e. The summed E-state index contributed by atoms with van der Waals surface area (Å²) in [6.45, 7) is 7.31. The van der Waals surface area contributed by atoms with Crippen molar-refractivity contribution in [3.8, 4) is 0 Å². The highest BCUT2D eigenvalue weighted by Gasteiger charge is 2.30. The Morgan fingerprint density at radius 2 is 1.74 bits per heavy atom. The van der Waals surface area contributed by atoms with Gasteiger partial charge in [0.05, 0.1) is 5.92 Å². The minimum absolute atomic E-state index is 0.0250. The molecule has 0 bridgehead atoms. The van der Waals surface area contributed by atoms with Crippen LogP contribution < -0.4 is 5.32 Å². The molecule has 0 aromatic heterocycles. The Balaban J connectivity index is 1.35. The summed E-state index contributed by atoms with van der Waals surface area (Å²) in [5.74, 6) is 0.156. The Morgan fingerprint density at radius 1 is 1.03 bits per heavy atom. The Labute approximate surface area is 184 Å². The molecule has 1 saturated carbocycles. The summed E-state index contributed by atoms with van der Waals surface area (Å²) in [5.41, 5.74) is 2.39. The molecule has 1 atom stereocenters. The molecule has 2 saturated heterocycles. The van der Waals surface area contributed by atoms with Crippen LogP contribution in [0.25, 0.3) is 0 Å². The summed E-state index contributed by atoms with van der Waals surface area (Å²) in [6, 6.07) is 3.00. The molecule has 3 fully saturated rings. The first-order valence-corrected chi connectivity index (χ1v) is 11.7.